The van der Waals surface area contributed by atoms with E-state index in [2.05, 4.69) is 29.6 Å². The molecule has 0 amide bonds. The van der Waals surface area contributed by atoms with E-state index in [4.69, 9.17) is 0 Å². The molecule has 0 fully saturated rings. The first kappa shape index (κ1) is 13.6. The molecule has 20 heavy (non-hydrogen) atoms. The smallest absolute Gasteiger partial charge is 0.159 e. The molecule has 0 radical (unpaired) electrons. The predicted octanol–water partition coefficient (Wildman–Crippen LogP) is 3.77. The summed E-state index contributed by atoms with van der Waals surface area (Å²) in [4.78, 5) is 1.35. The summed E-state index contributed by atoms with van der Waals surface area (Å²) in [5, 5.41) is 3.83. The Bertz CT molecular complexity index is 590. The van der Waals surface area contributed by atoms with Crippen LogP contribution < -0.4 is 5.32 Å². The van der Waals surface area contributed by atoms with Gasteiger partial charge in [-0.3, -0.25) is 0 Å². The van der Waals surface area contributed by atoms with Gasteiger partial charge < -0.3 is 5.32 Å². The van der Waals surface area contributed by atoms with Gasteiger partial charge in [0.15, 0.2) is 11.6 Å². The molecule has 0 spiro atoms. The zero-order valence-electron chi connectivity index (χ0n) is 10.9. The molecule has 1 unspecified atom stereocenters. The number of nitrogens with one attached hydrogen (secondary N) is 1. The maximum Gasteiger partial charge on any atom is 0.159 e. The largest absolute Gasteiger partial charge is 0.312 e. The average Bonchev–Trinajstić information content (AvgIpc) is 2.85. The molecule has 3 rings (SSSR count). The fourth-order valence-electron chi connectivity index (χ4n) is 2.39. The first-order valence-corrected chi connectivity index (χ1v) is 7.49. The van der Waals surface area contributed by atoms with E-state index in [0.717, 1.165) is 18.5 Å². The molecule has 1 nitrogen and oxygen atoms in total. The maximum atomic E-state index is 13.1. The Morgan fingerprint density at radius 2 is 1.95 bits per heavy atom. The van der Waals surface area contributed by atoms with Crippen LogP contribution in [-0.4, -0.2) is 11.8 Å². The van der Waals surface area contributed by atoms with Crippen LogP contribution in [0.5, 0.6) is 0 Å². The quantitative estimate of drug-likeness (QED) is 0.920. The summed E-state index contributed by atoms with van der Waals surface area (Å²) < 4.78 is 25.9. The van der Waals surface area contributed by atoms with Crippen molar-refractivity contribution in [3.8, 4) is 0 Å². The number of hydrogen-bond donors (Lipinski definition) is 1. The second-order valence-corrected chi connectivity index (χ2v) is 6.27. The zero-order valence-corrected chi connectivity index (χ0v) is 11.7. The first-order valence-electron chi connectivity index (χ1n) is 6.61. The molecule has 2 aromatic rings. The van der Waals surface area contributed by atoms with E-state index in [1.54, 1.807) is 6.07 Å². The minimum Gasteiger partial charge on any atom is -0.312 e. The van der Waals surface area contributed by atoms with Gasteiger partial charge in [0.05, 0.1) is 0 Å². The van der Waals surface area contributed by atoms with Crippen molar-refractivity contribution in [2.75, 3.05) is 6.54 Å². The van der Waals surface area contributed by atoms with Gasteiger partial charge in [-0.25, -0.2) is 8.78 Å². The zero-order chi connectivity index (χ0) is 13.9. The molecule has 1 heterocycles. The summed E-state index contributed by atoms with van der Waals surface area (Å²) in [6.45, 7) is 1.42. The summed E-state index contributed by atoms with van der Waals surface area (Å²) in [5.41, 5.74) is 2.17. The van der Waals surface area contributed by atoms with Crippen LogP contribution in [0.4, 0.5) is 8.78 Å². The van der Waals surface area contributed by atoms with Crippen molar-refractivity contribution in [3.05, 3.63) is 65.2 Å². The molecule has 0 aromatic heterocycles. The Kier molecular flexibility index (Phi) is 4.03. The Balaban J connectivity index is 1.51. The SMILES string of the molecule is Fc1ccc(CNCC2Cc3ccccc3S2)cc1F. The number of thioether (sulfide) groups is 1. The van der Waals surface area contributed by atoms with Crippen LogP contribution >= 0.6 is 11.8 Å². The second-order valence-electron chi connectivity index (χ2n) is 4.93. The van der Waals surface area contributed by atoms with E-state index < -0.39 is 11.6 Å². The Labute approximate surface area is 121 Å². The van der Waals surface area contributed by atoms with Crippen molar-refractivity contribution in [3.63, 3.8) is 0 Å². The van der Waals surface area contributed by atoms with Crippen molar-refractivity contribution in [2.24, 2.45) is 0 Å². The molecule has 4 heteroatoms. The van der Waals surface area contributed by atoms with Gasteiger partial charge in [0.1, 0.15) is 0 Å². The molecule has 0 saturated heterocycles. The third-order valence-electron chi connectivity index (χ3n) is 3.40. The standard InChI is InChI=1S/C16H15F2NS/c17-14-6-5-11(7-15(14)18)9-19-10-13-8-12-3-1-2-4-16(12)20-13/h1-7,13,19H,8-10H2. The Morgan fingerprint density at radius 1 is 1.10 bits per heavy atom. The van der Waals surface area contributed by atoms with Crippen LogP contribution in [0.25, 0.3) is 0 Å². The van der Waals surface area contributed by atoms with Crippen molar-refractivity contribution in [1.29, 1.82) is 0 Å². The summed E-state index contributed by atoms with van der Waals surface area (Å²) in [6.07, 6.45) is 1.06. The highest BCUT2D eigenvalue weighted by Crippen LogP contribution is 2.36. The first-order chi connectivity index (χ1) is 9.72. The van der Waals surface area contributed by atoms with Crippen LogP contribution in [0.3, 0.4) is 0 Å². The third kappa shape index (κ3) is 3.02. The Morgan fingerprint density at radius 3 is 2.75 bits per heavy atom. The van der Waals surface area contributed by atoms with Gasteiger partial charge >= 0.3 is 0 Å². The van der Waals surface area contributed by atoms with Crippen LogP contribution in [0.2, 0.25) is 0 Å². The van der Waals surface area contributed by atoms with Gasteiger partial charge in [-0.2, -0.15) is 0 Å². The highest BCUT2D eigenvalue weighted by atomic mass is 32.2. The second kappa shape index (κ2) is 5.94. The normalized spacial score (nSPS) is 17.2. The Hall–Kier alpha value is -1.39. The minimum absolute atomic E-state index is 0.512. The van der Waals surface area contributed by atoms with Gasteiger partial charge in [-0.15, -0.1) is 11.8 Å². The molecule has 104 valence electrons. The van der Waals surface area contributed by atoms with Crippen LogP contribution in [0.1, 0.15) is 11.1 Å². The van der Waals surface area contributed by atoms with Crippen molar-refractivity contribution >= 4 is 11.8 Å². The van der Waals surface area contributed by atoms with Gasteiger partial charge in [-0.05, 0) is 35.7 Å². The maximum absolute atomic E-state index is 13.1. The lowest BCUT2D eigenvalue weighted by molar-refractivity contribution is 0.506. The number of hydrogen-bond acceptors (Lipinski definition) is 2. The molecule has 1 atom stereocenters. The molecule has 0 aliphatic carbocycles. The summed E-state index contributed by atoms with van der Waals surface area (Å²) >= 11 is 1.88. The summed E-state index contributed by atoms with van der Waals surface area (Å²) in [7, 11) is 0. The molecular weight excluding hydrogens is 276 g/mol. The molecule has 1 aliphatic heterocycles. The van der Waals surface area contributed by atoms with E-state index in [1.807, 2.05) is 11.8 Å². The number of rotatable bonds is 4. The fourth-order valence-corrected chi connectivity index (χ4v) is 3.68. The van der Waals surface area contributed by atoms with E-state index in [1.165, 1.54) is 22.6 Å². The average molecular weight is 291 g/mol. The molecule has 2 aromatic carbocycles. The van der Waals surface area contributed by atoms with Gasteiger partial charge in [-0.1, -0.05) is 24.3 Å². The van der Waals surface area contributed by atoms with E-state index in [9.17, 15) is 8.78 Å². The fraction of sp³-hybridized carbons (Fsp3) is 0.250. The van der Waals surface area contributed by atoms with Crippen LogP contribution in [0, 0.1) is 11.6 Å². The highest BCUT2D eigenvalue weighted by molar-refractivity contribution is 8.00. The lowest BCUT2D eigenvalue weighted by Gasteiger charge is -2.10. The molecular formula is C16H15F2NS. The topological polar surface area (TPSA) is 12.0 Å². The molecule has 0 saturated carbocycles. The molecule has 1 N–H and O–H groups in total. The summed E-state index contributed by atoms with van der Waals surface area (Å²) in [5.74, 6) is -1.58. The summed E-state index contributed by atoms with van der Waals surface area (Å²) in [6, 6.07) is 12.5. The minimum atomic E-state index is -0.796. The number of fused-ring (bicyclic) bond motifs is 1. The van der Waals surface area contributed by atoms with Crippen LogP contribution in [0.15, 0.2) is 47.4 Å². The predicted molar refractivity (Wildman–Crippen MR) is 77.9 cm³/mol. The van der Waals surface area contributed by atoms with E-state index in [0.29, 0.717) is 11.8 Å². The van der Waals surface area contributed by atoms with Crippen molar-refractivity contribution in [1.82, 2.24) is 5.32 Å². The monoisotopic (exact) mass is 291 g/mol. The van der Waals surface area contributed by atoms with Gasteiger partial charge in [0, 0.05) is 23.2 Å². The number of halogens is 2. The van der Waals surface area contributed by atoms with Gasteiger partial charge in [0.25, 0.3) is 0 Å². The van der Waals surface area contributed by atoms with Gasteiger partial charge in [0.2, 0.25) is 0 Å². The van der Waals surface area contributed by atoms with Crippen molar-refractivity contribution in [2.45, 2.75) is 23.1 Å². The van der Waals surface area contributed by atoms with E-state index in [-0.39, 0.29) is 0 Å². The third-order valence-corrected chi connectivity index (χ3v) is 4.72. The lowest BCUT2D eigenvalue weighted by atomic mass is 10.1. The lowest BCUT2D eigenvalue weighted by Crippen LogP contribution is -2.24. The molecule has 1 aliphatic rings. The highest BCUT2D eigenvalue weighted by Gasteiger charge is 2.21. The molecule has 0 bridgehead atoms. The van der Waals surface area contributed by atoms with Crippen molar-refractivity contribution < 1.29 is 8.78 Å². The van der Waals surface area contributed by atoms with E-state index >= 15 is 0 Å². The number of benzene rings is 2. The van der Waals surface area contributed by atoms with Crippen LogP contribution in [-0.2, 0) is 13.0 Å².